The van der Waals surface area contributed by atoms with Crippen LogP contribution >= 0.6 is 0 Å². The van der Waals surface area contributed by atoms with Gasteiger partial charge in [-0.3, -0.25) is 9.59 Å². The molecule has 0 saturated heterocycles. The Morgan fingerprint density at radius 1 is 1.40 bits per heavy atom. The molecular weight excluding hydrogens is 213 g/mol. The summed E-state index contributed by atoms with van der Waals surface area (Å²) >= 11 is 0. The Hall–Kier alpha value is 0.0439. The van der Waals surface area contributed by atoms with Gasteiger partial charge in [0.2, 0.25) is 0 Å². The van der Waals surface area contributed by atoms with Crippen molar-refractivity contribution in [2.75, 3.05) is 7.11 Å². The van der Waals surface area contributed by atoms with Crippen LogP contribution in [0.1, 0.15) is 6.42 Å². The van der Waals surface area contributed by atoms with Gasteiger partial charge in [0.15, 0.2) is 0 Å². The molecule has 55 valence electrons. The topological polar surface area (TPSA) is 52.6 Å². The Kier molecular flexibility index (Phi) is 9.08. The maximum Gasteiger partial charge on any atom is 0.316 e. The van der Waals surface area contributed by atoms with Gasteiger partial charge in [-0.1, -0.05) is 0 Å². The van der Waals surface area contributed by atoms with Crippen molar-refractivity contribution in [2.24, 2.45) is 0 Å². The average Bonchev–Trinajstić information content (AvgIpc) is 1.87. The fraction of sp³-hybridized carbons (Fsp3) is 0.400. The van der Waals surface area contributed by atoms with Gasteiger partial charge in [0, 0.05) is 32.7 Å². The first-order valence-corrected chi connectivity index (χ1v) is 2.22. The second-order valence-corrected chi connectivity index (χ2v) is 1.27. The van der Waals surface area contributed by atoms with Crippen molar-refractivity contribution in [1.29, 1.82) is 0 Å². The van der Waals surface area contributed by atoms with E-state index in [-0.39, 0.29) is 39.1 Å². The molecule has 0 saturated carbocycles. The minimum atomic E-state index is -0.693. The number of rotatable bonds is 2. The number of esters is 2. The fourth-order valence-electron chi connectivity index (χ4n) is 0.241. The van der Waals surface area contributed by atoms with E-state index < -0.39 is 11.9 Å². The van der Waals surface area contributed by atoms with Crippen molar-refractivity contribution in [2.45, 2.75) is 6.42 Å². The molecule has 0 rings (SSSR count). The molecule has 0 unspecified atom stereocenters. The normalized spacial score (nSPS) is 7.40. The summed E-state index contributed by atoms with van der Waals surface area (Å²) in [6, 6.07) is 0. The summed E-state index contributed by atoms with van der Waals surface area (Å²) in [5.74, 6) is -1.31. The Bertz CT molecular complexity index is 109. The summed E-state index contributed by atoms with van der Waals surface area (Å²) in [6.07, 6.45) is -0.375. The standard InChI is InChI=1S/C5H7O4.Y/c1-8-4(6)3-5(7)9-2;/h1,3H2,2H3;/q-1;. The van der Waals surface area contributed by atoms with E-state index in [0.717, 1.165) is 0 Å². The van der Waals surface area contributed by atoms with Crippen molar-refractivity contribution in [3.05, 3.63) is 7.11 Å². The molecule has 4 nitrogen and oxygen atoms in total. The molecule has 10 heavy (non-hydrogen) atoms. The molecule has 0 atom stereocenters. The van der Waals surface area contributed by atoms with E-state index in [4.69, 9.17) is 0 Å². The van der Waals surface area contributed by atoms with Crippen LogP contribution in [0.25, 0.3) is 0 Å². The van der Waals surface area contributed by atoms with Gasteiger partial charge in [0.05, 0.1) is 7.11 Å². The molecular formula is C5H7O4Y-. The zero-order valence-corrected chi connectivity index (χ0v) is 8.46. The molecule has 0 bridgehead atoms. The zero-order valence-electron chi connectivity index (χ0n) is 5.62. The molecule has 0 aromatic rings. The van der Waals surface area contributed by atoms with Crippen LogP contribution in [-0.4, -0.2) is 19.0 Å². The minimum absolute atomic E-state index is 0. The number of hydrogen-bond acceptors (Lipinski definition) is 4. The first kappa shape index (κ1) is 12.7. The van der Waals surface area contributed by atoms with E-state index in [9.17, 15) is 9.59 Å². The molecule has 0 aromatic carbocycles. The van der Waals surface area contributed by atoms with Crippen LogP contribution in [0, 0.1) is 7.11 Å². The first-order chi connectivity index (χ1) is 4.20. The number of ether oxygens (including phenoxy) is 2. The van der Waals surface area contributed by atoms with Gasteiger partial charge in [-0.2, -0.15) is 7.11 Å². The molecule has 5 heteroatoms. The summed E-state index contributed by atoms with van der Waals surface area (Å²) < 4.78 is 8.09. The van der Waals surface area contributed by atoms with Gasteiger partial charge in [-0.05, 0) is 0 Å². The van der Waals surface area contributed by atoms with E-state index in [2.05, 4.69) is 16.6 Å². The second-order valence-electron chi connectivity index (χ2n) is 1.27. The quantitative estimate of drug-likeness (QED) is 0.370. The van der Waals surface area contributed by atoms with E-state index in [0.29, 0.717) is 0 Å². The Balaban J connectivity index is 0. The van der Waals surface area contributed by atoms with Crippen LogP contribution in [0.15, 0.2) is 0 Å². The molecule has 0 spiro atoms. The Labute approximate surface area is 84.1 Å². The molecule has 0 amide bonds. The minimum Gasteiger partial charge on any atom is -0.640 e. The summed E-state index contributed by atoms with van der Waals surface area (Å²) in [4.78, 5) is 20.4. The monoisotopic (exact) mass is 220 g/mol. The van der Waals surface area contributed by atoms with E-state index in [1.165, 1.54) is 7.11 Å². The predicted octanol–water partition coefficient (Wildman–Crippen LogP) is -0.118. The molecule has 1 radical (unpaired) electrons. The van der Waals surface area contributed by atoms with Gasteiger partial charge < -0.3 is 9.47 Å². The number of carbonyl (C=O) groups is 2. The van der Waals surface area contributed by atoms with Gasteiger partial charge >= 0.3 is 5.97 Å². The van der Waals surface area contributed by atoms with Crippen LogP contribution in [0.2, 0.25) is 0 Å². The second kappa shape index (κ2) is 7.15. The van der Waals surface area contributed by atoms with Gasteiger partial charge in [0.1, 0.15) is 6.42 Å². The molecule has 0 aliphatic rings. The smallest absolute Gasteiger partial charge is 0.316 e. The maximum atomic E-state index is 10.2. The van der Waals surface area contributed by atoms with Gasteiger partial charge in [-0.15, -0.1) is 0 Å². The van der Waals surface area contributed by atoms with Crippen LogP contribution in [0.3, 0.4) is 0 Å². The molecule has 0 aromatic heterocycles. The van der Waals surface area contributed by atoms with Crippen molar-refractivity contribution in [1.82, 2.24) is 0 Å². The van der Waals surface area contributed by atoms with Crippen molar-refractivity contribution >= 4 is 11.9 Å². The van der Waals surface area contributed by atoms with Crippen molar-refractivity contribution in [3.8, 4) is 0 Å². The molecule has 0 N–H and O–H groups in total. The number of carbonyl (C=O) groups excluding carboxylic acids is 2. The van der Waals surface area contributed by atoms with Gasteiger partial charge in [0.25, 0.3) is 5.97 Å². The first-order valence-electron chi connectivity index (χ1n) is 2.22. The van der Waals surface area contributed by atoms with Crippen LogP contribution in [0.4, 0.5) is 0 Å². The van der Waals surface area contributed by atoms with E-state index in [1.807, 2.05) is 0 Å². The third kappa shape index (κ3) is 6.17. The van der Waals surface area contributed by atoms with Crippen LogP contribution < -0.4 is 0 Å². The average molecular weight is 220 g/mol. The molecule has 0 fully saturated rings. The Morgan fingerprint density at radius 3 is 2.20 bits per heavy atom. The molecule has 0 aliphatic heterocycles. The predicted molar refractivity (Wildman–Crippen MR) is 28.1 cm³/mol. The third-order valence-electron chi connectivity index (χ3n) is 0.677. The summed E-state index contributed by atoms with van der Waals surface area (Å²) in [5, 5.41) is 0. The number of methoxy groups -OCH3 is 1. The summed E-state index contributed by atoms with van der Waals surface area (Å²) in [7, 11) is 4.01. The third-order valence-corrected chi connectivity index (χ3v) is 0.677. The fourth-order valence-corrected chi connectivity index (χ4v) is 0.241. The largest absolute Gasteiger partial charge is 0.640 e. The molecule has 0 aliphatic carbocycles. The van der Waals surface area contributed by atoms with Crippen LogP contribution in [0.5, 0.6) is 0 Å². The maximum absolute atomic E-state index is 10.2. The summed E-state index contributed by atoms with van der Waals surface area (Å²) in [6.45, 7) is 0. The zero-order chi connectivity index (χ0) is 7.28. The van der Waals surface area contributed by atoms with Gasteiger partial charge in [-0.25, -0.2) is 0 Å². The van der Waals surface area contributed by atoms with Crippen molar-refractivity contribution in [3.63, 3.8) is 0 Å². The van der Waals surface area contributed by atoms with E-state index in [1.54, 1.807) is 0 Å². The number of hydrogen-bond donors (Lipinski definition) is 0. The molecule has 0 heterocycles. The Morgan fingerprint density at radius 2 is 1.90 bits per heavy atom. The van der Waals surface area contributed by atoms with Crippen molar-refractivity contribution < 1.29 is 51.8 Å². The van der Waals surface area contributed by atoms with Crippen LogP contribution in [-0.2, 0) is 51.8 Å². The van der Waals surface area contributed by atoms with E-state index >= 15 is 0 Å². The summed E-state index contributed by atoms with van der Waals surface area (Å²) in [5.41, 5.74) is 0. The SMILES string of the molecule is [CH2-]OC(=O)CC(=O)OC.[Y].